The Labute approximate surface area is 183 Å². The third kappa shape index (κ3) is 5.58. The SMILES string of the molecule is COc1ccc([C@@H](CNC(=O)N(CCC#N)CC(C)C)c2c[nH]c3ccccc23)cc1. The van der Waals surface area contributed by atoms with Crippen molar-refractivity contribution in [3.05, 3.63) is 65.9 Å². The molecule has 6 nitrogen and oxygen atoms in total. The average molecular weight is 419 g/mol. The third-order valence-electron chi connectivity index (χ3n) is 5.34. The summed E-state index contributed by atoms with van der Waals surface area (Å²) in [5.41, 5.74) is 3.30. The molecule has 3 rings (SSSR count). The summed E-state index contributed by atoms with van der Waals surface area (Å²) in [5.74, 6) is 1.10. The van der Waals surface area contributed by atoms with Crippen molar-refractivity contribution < 1.29 is 9.53 Å². The minimum atomic E-state index is -0.137. The van der Waals surface area contributed by atoms with Gasteiger partial charge in [0.05, 0.1) is 19.6 Å². The van der Waals surface area contributed by atoms with Crippen LogP contribution in [0.2, 0.25) is 0 Å². The van der Waals surface area contributed by atoms with Crippen LogP contribution >= 0.6 is 0 Å². The lowest BCUT2D eigenvalue weighted by molar-refractivity contribution is 0.192. The van der Waals surface area contributed by atoms with Gasteiger partial charge in [-0.15, -0.1) is 0 Å². The monoisotopic (exact) mass is 418 g/mol. The Morgan fingerprint density at radius 1 is 1.19 bits per heavy atom. The molecule has 1 aromatic heterocycles. The van der Waals surface area contributed by atoms with Crippen LogP contribution in [-0.2, 0) is 0 Å². The lowest BCUT2D eigenvalue weighted by atomic mass is 9.91. The van der Waals surface area contributed by atoms with Crippen LogP contribution in [0.3, 0.4) is 0 Å². The molecule has 0 saturated carbocycles. The van der Waals surface area contributed by atoms with E-state index in [4.69, 9.17) is 10.00 Å². The highest BCUT2D eigenvalue weighted by Crippen LogP contribution is 2.31. The Morgan fingerprint density at radius 3 is 2.61 bits per heavy atom. The average Bonchev–Trinajstić information content (AvgIpc) is 3.21. The van der Waals surface area contributed by atoms with Crippen molar-refractivity contribution in [3.63, 3.8) is 0 Å². The number of urea groups is 1. The molecule has 0 aliphatic heterocycles. The maximum atomic E-state index is 12.9. The summed E-state index contributed by atoms with van der Waals surface area (Å²) in [6.07, 6.45) is 2.35. The highest BCUT2D eigenvalue weighted by Gasteiger charge is 2.21. The molecule has 31 heavy (non-hydrogen) atoms. The fraction of sp³-hybridized carbons (Fsp3) is 0.360. The first-order valence-corrected chi connectivity index (χ1v) is 10.6. The summed E-state index contributed by atoms with van der Waals surface area (Å²) in [6.45, 7) is 5.64. The number of hydrogen-bond acceptors (Lipinski definition) is 3. The molecule has 2 amide bonds. The summed E-state index contributed by atoms with van der Waals surface area (Å²) >= 11 is 0. The second-order valence-corrected chi connectivity index (χ2v) is 8.05. The summed E-state index contributed by atoms with van der Waals surface area (Å²) in [7, 11) is 1.65. The summed E-state index contributed by atoms with van der Waals surface area (Å²) in [5, 5.41) is 13.2. The molecule has 2 aromatic carbocycles. The number of aromatic nitrogens is 1. The van der Waals surface area contributed by atoms with E-state index in [-0.39, 0.29) is 11.9 Å². The van der Waals surface area contributed by atoms with Gasteiger partial charge in [-0.3, -0.25) is 0 Å². The molecule has 0 fully saturated rings. The Hall–Kier alpha value is -3.46. The number of aromatic amines is 1. The van der Waals surface area contributed by atoms with Crippen molar-refractivity contribution in [1.82, 2.24) is 15.2 Å². The van der Waals surface area contributed by atoms with E-state index in [1.54, 1.807) is 12.0 Å². The smallest absolute Gasteiger partial charge is 0.317 e. The van der Waals surface area contributed by atoms with Gasteiger partial charge in [0.25, 0.3) is 0 Å². The summed E-state index contributed by atoms with van der Waals surface area (Å²) in [6, 6.07) is 18.1. The molecule has 0 radical (unpaired) electrons. The molecule has 1 heterocycles. The molecule has 162 valence electrons. The molecule has 0 spiro atoms. The van der Waals surface area contributed by atoms with Gasteiger partial charge in [0, 0.05) is 42.7 Å². The number of fused-ring (bicyclic) bond motifs is 1. The van der Waals surface area contributed by atoms with Gasteiger partial charge < -0.3 is 19.9 Å². The fourth-order valence-electron chi connectivity index (χ4n) is 3.83. The molecule has 2 N–H and O–H groups in total. The number of benzene rings is 2. The highest BCUT2D eigenvalue weighted by atomic mass is 16.5. The van der Waals surface area contributed by atoms with Crippen LogP contribution in [0, 0.1) is 17.2 Å². The number of hydrogen-bond donors (Lipinski definition) is 2. The van der Waals surface area contributed by atoms with Crippen LogP contribution in [0.1, 0.15) is 37.3 Å². The predicted molar refractivity (Wildman–Crippen MR) is 123 cm³/mol. The van der Waals surface area contributed by atoms with E-state index in [0.717, 1.165) is 27.8 Å². The number of rotatable bonds is 9. The zero-order valence-electron chi connectivity index (χ0n) is 18.4. The number of methoxy groups -OCH3 is 1. The van der Waals surface area contributed by atoms with Crippen molar-refractivity contribution in [2.75, 3.05) is 26.7 Å². The minimum Gasteiger partial charge on any atom is -0.497 e. The molecule has 0 aliphatic carbocycles. The lowest BCUT2D eigenvalue weighted by Crippen LogP contribution is -2.43. The topological polar surface area (TPSA) is 81.2 Å². The van der Waals surface area contributed by atoms with Crippen LogP contribution in [0.4, 0.5) is 4.79 Å². The van der Waals surface area contributed by atoms with Crippen molar-refractivity contribution >= 4 is 16.9 Å². The molecule has 6 heteroatoms. The van der Waals surface area contributed by atoms with Crippen molar-refractivity contribution in [2.45, 2.75) is 26.2 Å². The number of carbonyl (C=O) groups excluding carboxylic acids is 1. The van der Waals surface area contributed by atoms with Gasteiger partial charge in [-0.2, -0.15) is 5.26 Å². The first-order valence-electron chi connectivity index (χ1n) is 10.6. The number of nitriles is 1. The van der Waals surface area contributed by atoms with Crippen molar-refractivity contribution in [2.24, 2.45) is 5.92 Å². The van der Waals surface area contributed by atoms with Crippen LogP contribution in [-0.4, -0.2) is 42.7 Å². The molecular weight excluding hydrogens is 388 g/mol. The predicted octanol–water partition coefficient (Wildman–Crippen LogP) is 4.89. The van der Waals surface area contributed by atoms with Crippen LogP contribution in [0.25, 0.3) is 10.9 Å². The minimum absolute atomic E-state index is 0.0251. The second kappa shape index (κ2) is 10.5. The van der Waals surface area contributed by atoms with Gasteiger partial charge in [-0.1, -0.05) is 44.2 Å². The Kier molecular flexibility index (Phi) is 7.55. The van der Waals surface area contributed by atoms with E-state index >= 15 is 0 Å². The normalized spacial score (nSPS) is 11.8. The van der Waals surface area contributed by atoms with Crippen molar-refractivity contribution in [3.8, 4) is 11.8 Å². The largest absolute Gasteiger partial charge is 0.497 e. The molecule has 0 aliphatic rings. The quantitative estimate of drug-likeness (QED) is 0.519. The van der Waals surface area contributed by atoms with E-state index in [0.29, 0.717) is 32.0 Å². The van der Waals surface area contributed by atoms with Gasteiger partial charge >= 0.3 is 6.03 Å². The molecule has 0 saturated heterocycles. The first kappa shape index (κ1) is 22.2. The zero-order chi connectivity index (χ0) is 22.2. The number of para-hydroxylation sites is 1. The maximum absolute atomic E-state index is 12.9. The highest BCUT2D eigenvalue weighted by molar-refractivity contribution is 5.84. The molecule has 0 unspecified atom stereocenters. The Balaban J connectivity index is 1.86. The van der Waals surface area contributed by atoms with E-state index in [1.807, 2.05) is 42.6 Å². The van der Waals surface area contributed by atoms with Crippen molar-refractivity contribution in [1.29, 1.82) is 5.26 Å². The zero-order valence-corrected chi connectivity index (χ0v) is 18.4. The third-order valence-corrected chi connectivity index (χ3v) is 5.34. The van der Waals surface area contributed by atoms with Crippen LogP contribution < -0.4 is 10.1 Å². The molecule has 3 aromatic rings. The van der Waals surface area contributed by atoms with Crippen LogP contribution in [0.15, 0.2) is 54.7 Å². The number of nitrogens with zero attached hydrogens (tertiary/aromatic N) is 2. The number of nitrogens with one attached hydrogen (secondary N) is 2. The number of ether oxygens (including phenoxy) is 1. The van der Waals surface area contributed by atoms with Gasteiger partial charge in [-0.05, 0) is 35.2 Å². The second-order valence-electron chi connectivity index (χ2n) is 8.05. The van der Waals surface area contributed by atoms with E-state index < -0.39 is 0 Å². The molecule has 0 bridgehead atoms. The maximum Gasteiger partial charge on any atom is 0.317 e. The number of amides is 2. The number of H-pyrrole nitrogens is 1. The van der Waals surface area contributed by atoms with E-state index in [1.165, 1.54) is 0 Å². The summed E-state index contributed by atoms with van der Waals surface area (Å²) < 4.78 is 5.31. The van der Waals surface area contributed by atoms with Gasteiger partial charge in [-0.25, -0.2) is 4.79 Å². The fourth-order valence-corrected chi connectivity index (χ4v) is 3.83. The van der Waals surface area contributed by atoms with Gasteiger partial charge in [0.2, 0.25) is 0 Å². The van der Waals surface area contributed by atoms with E-state index in [9.17, 15) is 4.79 Å². The lowest BCUT2D eigenvalue weighted by Gasteiger charge is -2.26. The van der Waals surface area contributed by atoms with Gasteiger partial charge in [0.15, 0.2) is 0 Å². The van der Waals surface area contributed by atoms with Gasteiger partial charge in [0.1, 0.15) is 5.75 Å². The molecular formula is C25H30N4O2. The Morgan fingerprint density at radius 2 is 1.94 bits per heavy atom. The standard InChI is InChI=1S/C25H30N4O2/c1-18(2)17-29(14-6-13-26)25(30)28-15-22(19-9-11-20(31-3)12-10-19)23-16-27-24-8-5-4-7-21(23)24/h4-5,7-12,16,18,22,27H,6,14-15,17H2,1-3H3,(H,28,30)/t22-/m1/s1. The van der Waals surface area contributed by atoms with E-state index in [2.05, 4.69) is 42.4 Å². The summed E-state index contributed by atoms with van der Waals surface area (Å²) in [4.78, 5) is 18.0. The first-order chi connectivity index (χ1) is 15.0. The van der Waals surface area contributed by atoms with Crippen LogP contribution in [0.5, 0.6) is 5.75 Å². The number of carbonyl (C=O) groups is 1. The Bertz CT molecular complexity index is 1030. The molecule has 1 atom stereocenters.